The maximum atomic E-state index is 14.1. The van der Waals surface area contributed by atoms with Gasteiger partial charge in [0.2, 0.25) is 18.4 Å². The summed E-state index contributed by atoms with van der Waals surface area (Å²) in [6.07, 6.45) is 1.29. The van der Waals surface area contributed by atoms with Crippen LogP contribution in [0.25, 0.3) is 0 Å². The van der Waals surface area contributed by atoms with Gasteiger partial charge in [0, 0.05) is 49.3 Å². The van der Waals surface area contributed by atoms with E-state index in [1.54, 1.807) is 12.1 Å². The summed E-state index contributed by atoms with van der Waals surface area (Å²) in [5.74, 6) is 1.41. The van der Waals surface area contributed by atoms with Crippen LogP contribution in [-0.4, -0.2) is 52.8 Å². The number of benzene rings is 2. The molecule has 1 aromatic heterocycles. The highest BCUT2D eigenvalue weighted by Gasteiger charge is 2.29. The average Bonchev–Trinajstić information content (AvgIpc) is 3.33. The van der Waals surface area contributed by atoms with Crippen LogP contribution in [0.15, 0.2) is 47.2 Å². The standard InChI is InChI=1S/C23H22BrFN6O4/c24-17-2-3-18(25)16(10-17)11-26-22-21(31(32)33)23(28-13-27-22)30-7-5-29(6-8-30)12-15-1-4-19-20(9-15)35-14-34-19/h1-4,9-10,13H,5-8,11-12,14H2,(H,26,27,28). The first-order chi connectivity index (χ1) is 17.0. The predicted octanol–water partition coefficient (Wildman–Crippen LogP) is 3.95. The van der Waals surface area contributed by atoms with Crippen LogP contribution >= 0.6 is 15.9 Å². The van der Waals surface area contributed by atoms with Crippen molar-refractivity contribution >= 4 is 33.3 Å². The molecule has 0 amide bonds. The molecule has 2 aromatic carbocycles. The molecule has 12 heteroatoms. The SMILES string of the molecule is O=[N+]([O-])c1c(NCc2cc(Br)ccc2F)ncnc1N1CCN(Cc2ccc3c(c2)OCO3)CC1. The first-order valence-electron chi connectivity index (χ1n) is 11.0. The van der Waals surface area contributed by atoms with Crippen molar-refractivity contribution in [2.24, 2.45) is 0 Å². The van der Waals surface area contributed by atoms with E-state index in [9.17, 15) is 14.5 Å². The second kappa shape index (κ2) is 10.0. The van der Waals surface area contributed by atoms with Gasteiger partial charge in [-0.2, -0.15) is 0 Å². The summed E-state index contributed by atoms with van der Waals surface area (Å²) in [5, 5.41) is 14.9. The maximum Gasteiger partial charge on any atom is 0.353 e. The van der Waals surface area contributed by atoms with Gasteiger partial charge in [-0.25, -0.2) is 14.4 Å². The molecule has 0 atom stereocenters. The molecule has 0 spiro atoms. The van der Waals surface area contributed by atoms with Crippen LogP contribution in [0.2, 0.25) is 0 Å². The zero-order valence-corrected chi connectivity index (χ0v) is 20.2. The van der Waals surface area contributed by atoms with E-state index in [2.05, 4.69) is 36.1 Å². The fourth-order valence-corrected chi connectivity index (χ4v) is 4.58. The largest absolute Gasteiger partial charge is 0.454 e. The van der Waals surface area contributed by atoms with Gasteiger partial charge < -0.3 is 19.7 Å². The molecule has 0 bridgehead atoms. The Balaban J connectivity index is 1.27. The summed E-state index contributed by atoms with van der Waals surface area (Å²) in [6.45, 7) is 3.59. The quantitative estimate of drug-likeness (QED) is 0.349. The molecule has 1 saturated heterocycles. The van der Waals surface area contributed by atoms with Crippen LogP contribution in [0.3, 0.4) is 0 Å². The third-order valence-corrected chi connectivity index (χ3v) is 6.45. The number of rotatable bonds is 7. The van der Waals surface area contributed by atoms with E-state index in [0.717, 1.165) is 23.6 Å². The topological polar surface area (TPSA) is 106 Å². The minimum Gasteiger partial charge on any atom is -0.454 e. The van der Waals surface area contributed by atoms with Crippen LogP contribution in [0.4, 0.5) is 21.7 Å². The molecule has 182 valence electrons. The van der Waals surface area contributed by atoms with Crippen molar-refractivity contribution in [2.45, 2.75) is 13.1 Å². The molecule has 1 fully saturated rings. The van der Waals surface area contributed by atoms with Gasteiger partial charge in [-0.15, -0.1) is 0 Å². The van der Waals surface area contributed by atoms with Gasteiger partial charge in [-0.1, -0.05) is 22.0 Å². The van der Waals surface area contributed by atoms with Gasteiger partial charge in [-0.3, -0.25) is 15.0 Å². The summed E-state index contributed by atoms with van der Waals surface area (Å²) in [7, 11) is 0. The summed E-state index contributed by atoms with van der Waals surface area (Å²) >= 11 is 3.31. The molecule has 3 heterocycles. The lowest BCUT2D eigenvalue weighted by atomic mass is 10.1. The normalized spacial score (nSPS) is 15.3. The van der Waals surface area contributed by atoms with E-state index < -0.39 is 10.7 Å². The Bertz CT molecular complexity index is 1250. The van der Waals surface area contributed by atoms with E-state index >= 15 is 0 Å². The predicted molar refractivity (Wildman–Crippen MR) is 130 cm³/mol. The van der Waals surface area contributed by atoms with E-state index in [1.807, 2.05) is 23.1 Å². The Labute approximate surface area is 209 Å². The molecule has 0 unspecified atom stereocenters. The van der Waals surface area contributed by atoms with Gasteiger partial charge in [0.1, 0.15) is 12.1 Å². The number of ether oxygens (including phenoxy) is 2. The van der Waals surface area contributed by atoms with E-state index in [0.29, 0.717) is 36.2 Å². The fraction of sp³-hybridized carbons (Fsp3) is 0.304. The molecule has 5 rings (SSSR count). The lowest BCUT2D eigenvalue weighted by Crippen LogP contribution is -2.46. The summed E-state index contributed by atoms with van der Waals surface area (Å²) in [5.41, 5.74) is 1.26. The van der Waals surface area contributed by atoms with Crippen LogP contribution in [0.1, 0.15) is 11.1 Å². The van der Waals surface area contributed by atoms with Gasteiger partial charge in [0.25, 0.3) is 0 Å². The Morgan fingerprint density at radius 3 is 2.69 bits per heavy atom. The average molecular weight is 545 g/mol. The van der Waals surface area contributed by atoms with E-state index in [4.69, 9.17) is 9.47 Å². The second-order valence-electron chi connectivity index (χ2n) is 8.19. The van der Waals surface area contributed by atoms with Gasteiger partial charge in [0.05, 0.1) is 4.92 Å². The molecular formula is C23H22BrFN6O4. The van der Waals surface area contributed by atoms with Crippen LogP contribution in [0.5, 0.6) is 11.5 Å². The monoisotopic (exact) mass is 544 g/mol. The lowest BCUT2D eigenvalue weighted by molar-refractivity contribution is -0.383. The number of fused-ring (bicyclic) bond motifs is 1. The van der Waals surface area contributed by atoms with Gasteiger partial charge in [0.15, 0.2) is 11.5 Å². The number of nitrogens with zero attached hydrogens (tertiary/aromatic N) is 5. The molecule has 1 N–H and O–H groups in total. The Kier molecular flexibility index (Phi) is 6.64. The van der Waals surface area contributed by atoms with Crippen molar-refractivity contribution in [1.82, 2.24) is 14.9 Å². The smallest absolute Gasteiger partial charge is 0.353 e. The van der Waals surface area contributed by atoms with Crippen molar-refractivity contribution < 1.29 is 18.8 Å². The van der Waals surface area contributed by atoms with Crippen LogP contribution in [-0.2, 0) is 13.1 Å². The number of hydrogen-bond acceptors (Lipinski definition) is 9. The van der Waals surface area contributed by atoms with Gasteiger partial charge >= 0.3 is 5.69 Å². The number of halogens is 2. The number of aromatic nitrogens is 2. The Morgan fingerprint density at radius 2 is 1.89 bits per heavy atom. The zero-order valence-electron chi connectivity index (χ0n) is 18.6. The number of anilines is 2. The maximum absolute atomic E-state index is 14.1. The highest BCUT2D eigenvalue weighted by atomic mass is 79.9. The first kappa shape index (κ1) is 23.2. The molecule has 3 aromatic rings. The Hall–Kier alpha value is -3.51. The molecular weight excluding hydrogens is 523 g/mol. The van der Waals surface area contributed by atoms with Crippen molar-refractivity contribution in [2.75, 3.05) is 43.2 Å². The highest BCUT2D eigenvalue weighted by molar-refractivity contribution is 9.10. The first-order valence-corrected chi connectivity index (χ1v) is 11.8. The summed E-state index contributed by atoms with van der Waals surface area (Å²) in [4.78, 5) is 23.9. The molecule has 0 saturated carbocycles. The minimum absolute atomic E-state index is 0.0475. The number of nitrogens with one attached hydrogen (secondary N) is 1. The molecule has 2 aliphatic rings. The number of hydrogen-bond donors (Lipinski definition) is 1. The molecule has 0 aliphatic carbocycles. The van der Waals surface area contributed by atoms with Crippen molar-refractivity contribution in [1.29, 1.82) is 0 Å². The summed E-state index contributed by atoms with van der Waals surface area (Å²) < 4.78 is 25.6. The van der Waals surface area contributed by atoms with E-state index in [1.165, 1.54) is 12.4 Å². The van der Waals surface area contributed by atoms with Crippen molar-refractivity contribution in [3.05, 3.63) is 74.3 Å². The minimum atomic E-state index is -0.492. The third-order valence-electron chi connectivity index (χ3n) is 5.95. The Morgan fingerprint density at radius 1 is 1.09 bits per heavy atom. The second-order valence-corrected chi connectivity index (χ2v) is 9.11. The molecule has 35 heavy (non-hydrogen) atoms. The van der Waals surface area contributed by atoms with Crippen molar-refractivity contribution in [3.63, 3.8) is 0 Å². The number of nitro groups is 1. The van der Waals surface area contributed by atoms with Crippen molar-refractivity contribution in [3.8, 4) is 11.5 Å². The molecule has 10 nitrogen and oxygen atoms in total. The molecule has 0 radical (unpaired) electrons. The molecule has 2 aliphatic heterocycles. The summed E-state index contributed by atoms with van der Waals surface area (Å²) in [6, 6.07) is 10.5. The van der Waals surface area contributed by atoms with Gasteiger partial charge in [-0.05, 0) is 35.9 Å². The number of piperazine rings is 1. The highest BCUT2D eigenvalue weighted by Crippen LogP contribution is 2.34. The zero-order chi connectivity index (χ0) is 24.4. The lowest BCUT2D eigenvalue weighted by Gasteiger charge is -2.35. The third kappa shape index (κ3) is 5.13. The fourth-order valence-electron chi connectivity index (χ4n) is 4.17. The van der Waals surface area contributed by atoms with E-state index in [-0.39, 0.29) is 30.7 Å². The van der Waals surface area contributed by atoms with Crippen LogP contribution < -0.4 is 19.7 Å². The van der Waals surface area contributed by atoms with Crippen LogP contribution in [0, 0.1) is 15.9 Å².